The molecule has 0 atom stereocenters. The number of hydrogen-bond acceptors (Lipinski definition) is 8. The summed E-state index contributed by atoms with van der Waals surface area (Å²) in [6.07, 6.45) is 1.44. The van der Waals surface area contributed by atoms with Crippen molar-refractivity contribution in [2.24, 2.45) is 0 Å². The van der Waals surface area contributed by atoms with Crippen molar-refractivity contribution in [2.45, 2.75) is 12.8 Å². The van der Waals surface area contributed by atoms with Gasteiger partial charge < -0.3 is 18.6 Å². The first-order chi connectivity index (χ1) is 17.9. The highest BCUT2D eigenvalue weighted by atomic mass is 16.5. The van der Waals surface area contributed by atoms with Crippen LogP contribution in [0.3, 0.4) is 0 Å². The molecule has 0 unspecified atom stereocenters. The molecule has 37 heavy (non-hydrogen) atoms. The second-order valence-corrected chi connectivity index (χ2v) is 8.25. The van der Waals surface area contributed by atoms with Crippen LogP contribution in [0.25, 0.3) is 11.0 Å². The van der Waals surface area contributed by atoms with Gasteiger partial charge in [0.15, 0.2) is 0 Å². The molecule has 2 amide bonds. The summed E-state index contributed by atoms with van der Waals surface area (Å²) in [5.74, 6) is 0.0315. The Kier molecular flexibility index (Phi) is 6.42. The minimum atomic E-state index is -0.544. The first kappa shape index (κ1) is 23.8. The zero-order valence-electron chi connectivity index (χ0n) is 19.8. The van der Waals surface area contributed by atoms with E-state index in [4.69, 9.17) is 18.6 Å². The monoisotopic (exact) mass is 499 g/mol. The van der Waals surface area contributed by atoms with Crippen molar-refractivity contribution in [2.75, 3.05) is 13.7 Å². The summed E-state index contributed by atoms with van der Waals surface area (Å²) in [7, 11) is 1.55. The third-order valence-electron chi connectivity index (χ3n) is 5.87. The highest BCUT2D eigenvalue weighted by molar-refractivity contribution is 6.21. The molecule has 0 radical (unpaired) electrons. The van der Waals surface area contributed by atoms with E-state index in [0.29, 0.717) is 22.6 Å². The predicted molar refractivity (Wildman–Crippen MR) is 132 cm³/mol. The molecule has 0 saturated heterocycles. The van der Waals surface area contributed by atoms with E-state index in [9.17, 15) is 19.2 Å². The minimum Gasteiger partial charge on any atom is -0.497 e. The second kappa shape index (κ2) is 9.98. The normalized spacial score (nSPS) is 12.5. The number of benzene rings is 3. The van der Waals surface area contributed by atoms with Crippen molar-refractivity contribution in [1.82, 2.24) is 4.90 Å². The first-order valence-corrected chi connectivity index (χ1v) is 11.5. The number of hydrogen-bond donors (Lipinski definition) is 0. The molecule has 1 aliphatic heterocycles. The van der Waals surface area contributed by atoms with Gasteiger partial charge in [0.25, 0.3) is 11.8 Å². The van der Waals surface area contributed by atoms with E-state index in [-0.39, 0.29) is 59.1 Å². The van der Waals surface area contributed by atoms with Gasteiger partial charge in [0, 0.05) is 19.0 Å². The number of carbonyl (C=O) groups is 3. The van der Waals surface area contributed by atoms with Crippen LogP contribution in [0.1, 0.15) is 33.6 Å². The highest BCUT2D eigenvalue weighted by Gasteiger charge is 2.34. The second-order valence-electron chi connectivity index (χ2n) is 8.25. The Morgan fingerprint density at radius 3 is 2.19 bits per heavy atom. The van der Waals surface area contributed by atoms with Gasteiger partial charge in [-0.2, -0.15) is 0 Å². The van der Waals surface area contributed by atoms with Crippen LogP contribution < -0.4 is 19.6 Å². The fourth-order valence-corrected chi connectivity index (χ4v) is 4.00. The van der Waals surface area contributed by atoms with Crippen LogP contribution in [-0.2, 0) is 4.79 Å². The number of methoxy groups -OCH3 is 1. The van der Waals surface area contributed by atoms with Crippen molar-refractivity contribution in [3.63, 3.8) is 0 Å². The predicted octanol–water partition coefficient (Wildman–Crippen LogP) is 4.58. The lowest BCUT2D eigenvalue weighted by Gasteiger charge is -2.13. The third kappa shape index (κ3) is 4.79. The maximum absolute atomic E-state index is 12.8. The average molecular weight is 499 g/mol. The number of ether oxygens (including phenoxy) is 3. The molecule has 186 valence electrons. The van der Waals surface area contributed by atoms with Crippen LogP contribution in [0.4, 0.5) is 0 Å². The maximum Gasteiger partial charge on any atom is 0.311 e. The van der Waals surface area contributed by atoms with Crippen LogP contribution in [0, 0.1) is 0 Å². The quantitative estimate of drug-likeness (QED) is 0.197. The number of esters is 1. The largest absolute Gasteiger partial charge is 0.497 e. The molecule has 4 aromatic rings. The lowest BCUT2D eigenvalue weighted by Crippen LogP contribution is -2.31. The average Bonchev–Trinajstić information content (AvgIpc) is 3.15. The lowest BCUT2D eigenvalue weighted by atomic mass is 10.1. The maximum atomic E-state index is 12.8. The van der Waals surface area contributed by atoms with Gasteiger partial charge >= 0.3 is 5.97 Å². The molecular weight excluding hydrogens is 478 g/mol. The smallest absolute Gasteiger partial charge is 0.311 e. The Labute approximate surface area is 210 Å². The van der Waals surface area contributed by atoms with Gasteiger partial charge in [-0.05, 0) is 55.0 Å². The fourth-order valence-electron chi connectivity index (χ4n) is 4.00. The number of imide groups is 1. The fraction of sp³-hybridized carbons (Fsp3) is 0.143. The molecule has 9 nitrogen and oxygen atoms in total. The van der Waals surface area contributed by atoms with Crippen LogP contribution in [0.5, 0.6) is 23.0 Å². The van der Waals surface area contributed by atoms with E-state index in [1.54, 1.807) is 55.6 Å². The van der Waals surface area contributed by atoms with Crippen molar-refractivity contribution in [1.29, 1.82) is 0 Å². The molecule has 0 spiro atoms. The van der Waals surface area contributed by atoms with Gasteiger partial charge in [0.05, 0.1) is 23.6 Å². The Balaban J connectivity index is 1.19. The van der Waals surface area contributed by atoms with Gasteiger partial charge in [0.1, 0.15) is 29.1 Å². The summed E-state index contributed by atoms with van der Waals surface area (Å²) in [5, 5.41) is 0.261. The Hall–Kier alpha value is -4.92. The number of rotatable bonds is 8. The molecule has 0 fully saturated rings. The van der Waals surface area contributed by atoms with Crippen molar-refractivity contribution < 1.29 is 33.0 Å². The van der Waals surface area contributed by atoms with E-state index in [1.807, 2.05) is 0 Å². The highest BCUT2D eigenvalue weighted by Crippen LogP contribution is 2.26. The van der Waals surface area contributed by atoms with Gasteiger partial charge in [-0.25, -0.2) is 0 Å². The zero-order valence-corrected chi connectivity index (χ0v) is 19.8. The molecule has 2 heterocycles. The van der Waals surface area contributed by atoms with E-state index in [0.717, 1.165) is 4.90 Å². The van der Waals surface area contributed by atoms with Crippen LogP contribution >= 0.6 is 0 Å². The summed E-state index contributed by atoms with van der Waals surface area (Å²) in [6.45, 7) is 0.102. The molecule has 0 saturated carbocycles. The van der Waals surface area contributed by atoms with Crippen molar-refractivity contribution >= 4 is 28.8 Å². The summed E-state index contributed by atoms with van der Waals surface area (Å²) in [6, 6.07) is 17.8. The van der Waals surface area contributed by atoms with Crippen LogP contribution in [0.15, 0.2) is 82.2 Å². The van der Waals surface area contributed by atoms with E-state index in [1.165, 1.54) is 24.5 Å². The van der Waals surface area contributed by atoms with E-state index in [2.05, 4.69) is 0 Å². The molecule has 0 aliphatic carbocycles. The van der Waals surface area contributed by atoms with Crippen LogP contribution in [-0.4, -0.2) is 36.3 Å². The SMILES string of the molecule is COc1ccc(Oc2coc3cc(OC(=O)CCCN4C(=O)c5ccccc5C4=O)ccc3c2=O)cc1. The molecule has 0 bridgehead atoms. The number of amides is 2. The first-order valence-electron chi connectivity index (χ1n) is 11.5. The molecule has 0 N–H and O–H groups in total. The van der Waals surface area contributed by atoms with Gasteiger partial charge in [-0.15, -0.1) is 0 Å². The standard InChI is InChI=1S/C28H21NO8/c1-34-17-8-10-18(11-9-17)36-24-16-35-23-15-19(12-13-22(23)26(24)31)37-25(30)7-4-14-29-27(32)20-5-2-3-6-21(20)28(29)33/h2-3,5-6,8-13,15-16H,4,7,14H2,1H3. The molecule has 3 aromatic carbocycles. The molecule has 5 rings (SSSR count). The van der Waals surface area contributed by atoms with E-state index >= 15 is 0 Å². The Morgan fingerprint density at radius 1 is 0.865 bits per heavy atom. The third-order valence-corrected chi connectivity index (χ3v) is 5.87. The summed E-state index contributed by atoms with van der Waals surface area (Å²) in [5.41, 5.74) is 0.579. The van der Waals surface area contributed by atoms with Crippen molar-refractivity contribution in [3.8, 4) is 23.0 Å². The topological polar surface area (TPSA) is 112 Å². The van der Waals surface area contributed by atoms with Gasteiger partial charge in [-0.1, -0.05) is 12.1 Å². The summed E-state index contributed by atoms with van der Waals surface area (Å²) >= 11 is 0. The number of fused-ring (bicyclic) bond motifs is 2. The van der Waals surface area contributed by atoms with Gasteiger partial charge in [0.2, 0.25) is 11.2 Å². The van der Waals surface area contributed by atoms with Crippen LogP contribution in [0.2, 0.25) is 0 Å². The number of nitrogens with zero attached hydrogens (tertiary/aromatic N) is 1. The zero-order chi connectivity index (χ0) is 25.9. The van der Waals surface area contributed by atoms with E-state index < -0.39 is 5.97 Å². The molecule has 1 aliphatic rings. The van der Waals surface area contributed by atoms with Gasteiger partial charge in [-0.3, -0.25) is 24.1 Å². The Bertz CT molecular complexity index is 1540. The Morgan fingerprint density at radius 2 is 1.51 bits per heavy atom. The molecular formula is C28H21NO8. The van der Waals surface area contributed by atoms with Crippen molar-refractivity contribution in [3.05, 3.63) is 94.3 Å². The summed E-state index contributed by atoms with van der Waals surface area (Å²) in [4.78, 5) is 51.1. The molecule has 9 heteroatoms. The number of carbonyl (C=O) groups excluding carboxylic acids is 3. The lowest BCUT2D eigenvalue weighted by molar-refractivity contribution is -0.134. The summed E-state index contributed by atoms with van der Waals surface area (Å²) < 4.78 is 21.6. The minimum absolute atomic E-state index is 0.00979. The molecule has 1 aromatic heterocycles.